The van der Waals surface area contributed by atoms with Crippen LogP contribution in [0.4, 0.5) is 11.4 Å². The number of allylic oxidation sites excluding steroid dienone is 1. The molecule has 10 rings (SSSR count). The van der Waals surface area contributed by atoms with Gasteiger partial charge < -0.3 is 19.1 Å². The number of ether oxygens (including phenoxy) is 1. The molecule has 66 heavy (non-hydrogen) atoms. The number of anilines is 2. The molecule has 0 spiro atoms. The molecule has 0 unspecified atom stereocenters. The van der Waals surface area contributed by atoms with E-state index in [0.29, 0.717) is 11.5 Å². The zero-order chi connectivity index (χ0) is 44.9. The Balaban J connectivity index is 0.00000548. The molecule has 0 saturated heterocycles. The first-order valence-corrected chi connectivity index (χ1v) is 22.4. The van der Waals surface area contributed by atoms with Gasteiger partial charge in [-0.15, -0.1) is 53.6 Å². The minimum Gasteiger partial charge on any atom is -0.509 e. The van der Waals surface area contributed by atoms with E-state index in [2.05, 4.69) is 258 Å². The predicted octanol–water partition coefficient (Wildman–Crippen LogP) is 15.1. The summed E-state index contributed by atoms with van der Waals surface area (Å²) in [6, 6.07) is 69.4. The maximum absolute atomic E-state index is 6.92. The molecule has 0 bridgehead atoms. The third-order valence-electron chi connectivity index (χ3n) is 13.1. The molecular weight excluding hydrogens is 988 g/mol. The van der Waals surface area contributed by atoms with Crippen LogP contribution in [-0.2, 0) is 37.3 Å². The van der Waals surface area contributed by atoms with Crippen LogP contribution in [0.3, 0.4) is 0 Å². The van der Waals surface area contributed by atoms with Crippen molar-refractivity contribution in [2.75, 3.05) is 9.80 Å². The smallest absolute Gasteiger partial charge is 0.135 e. The molecular formula is C60H53N4OPt-3. The van der Waals surface area contributed by atoms with Gasteiger partial charge in [-0.3, -0.25) is 0 Å². The maximum Gasteiger partial charge on any atom is 0.135 e. The average Bonchev–Trinajstić information content (AvgIpc) is 3.93. The van der Waals surface area contributed by atoms with Gasteiger partial charge in [-0.05, 0) is 75.2 Å². The van der Waals surface area contributed by atoms with E-state index in [1.54, 1.807) is 0 Å². The number of aromatic nitrogens is 2. The summed E-state index contributed by atoms with van der Waals surface area (Å²) in [6.07, 6.45) is 4.18. The van der Waals surface area contributed by atoms with E-state index in [1.165, 1.54) is 22.3 Å². The number of hydrogen-bond donors (Lipinski definition) is 0. The molecule has 9 aromatic rings. The van der Waals surface area contributed by atoms with Crippen molar-refractivity contribution in [3.8, 4) is 28.4 Å². The van der Waals surface area contributed by atoms with E-state index in [-0.39, 0.29) is 37.3 Å². The molecule has 7 aromatic carbocycles. The van der Waals surface area contributed by atoms with Gasteiger partial charge in [0.15, 0.2) is 0 Å². The Hall–Kier alpha value is -6.68. The van der Waals surface area contributed by atoms with Crippen LogP contribution in [0.1, 0.15) is 70.7 Å². The van der Waals surface area contributed by atoms with E-state index < -0.39 is 0 Å². The van der Waals surface area contributed by atoms with Crippen LogP contribution in [0, 0.1) is 18.8 Å². The van der Waals surface area contributed by atoms with Gasteiger partial charge in [-0.2, -0.15) is 6.07 Å². The second kappa shape index (κ2) is 17.6. The van der Waals surface area contributed by atoms with Crippen molar-refractivity contribution in [3.05, 3.63) is 235 Å². The summed E-state index contributed by atoms with van der Waals surface area (Å²) in [5.74, 6) is 2.00. The monoisotopic (exact) mass is 1040 g/mol. The van der Waals surface area contributed by atoms with Crippen LogP contribution >= 0.6 is 0 Å². The molecule has 1 aliphatic heterocycles. The van der Waals surface area contributed by atoms with Crippen LogP contribution in [-0.4, -0.2) is 9.55 Å². The normalized spacial score (nSPS) is 13.2. The number of nitrogens with zero attached hydrogens (tertiary/aromatic N) is 4. The van der Waals surface area contributed by atoms with Gasteiger partial charge in [0, 0.05) is 66.5 Å². The summed E-state index contributed by atoms with van der Waals surface area (Å²) in [4.78, 5) is 9.49. The van der Waals surface area contributed by atoms with Gasteiger partial charge in [-0.25, -0.2) is 4.98 Å². The van der Waals surface area contributed by atoms with Crippen molar-refractivity contribution >= 4 is 33.2 Å². The molecule has 1 aliphatic rings. The van der Waals surface area contributed by atoms with Crippen molar-refractivity contribution in [2.24, 2.45) is 0 Å². The SMILES string of the molecule is CC(C)(C)c1cccc(N2C=C(C(C)(C)c3ccccc3)N(c3[c-]c(Oc4[c-]c5c(cc4)c4ccccc4n5-c4cc(C(C)(C)c5ccccc5)ccn4)cc(-c4ccccc4)c3)[CH-]2)c1.[Pt]. The Morgan fingerprint density at radius 1 is 0.530 bits per heavy atom. The fraction of sp³-hybridized carbons (Fsp3) is 0.167. The number of pyridine rings is 1. The summed E-state index contributed by atoms with van der Waals surface area (Å²) in [5, 5.41) is 2.20. The van der Waals surface area contributed by atoms with E-state index in [1.807, 2.05) is 12.3 Å². The van der Waals surface area contributed by atoms with Crippen LogP contribution in [0.15, 0.2) is 194 Å². The van der Waals surface area contributed by atoms with Crippen molar-refractivity contribution in [1.29, 1.82) is 0 Å². The Kier molecular flexibility index (Phi) is 11.9. The first-order valence-electron chi connectivity index (χ1n) is 22.4. The average molecular weight is 1040 g/mol. The Labute approximate surface area is 404 Å². The Morgan fingerprint density at radius 2 is 1.18 bits per heavy atom. The number of para-hydroxylation sites is 1. The van der Waals surface area contributed by atoms with Crippen molar-refractivity contribution in [3.63, 3.8) is 0 Å². The van der Waals surface area contributed by atoms with Gasteiger partial charge in [0.1, 0.15) is 5.82 Å². The second-order valence-electron chi connectivity index (χ2n) is 19.1. The molecule has 0 atom stereocenters. The summed E-state index contributed by atoms with van der Waals surface area (Å²) < 4.78 is 9.13. The molecule has 332 valence electrons. The van der Waals surface area contributed by atoms with Crippen molar-refractivity contribution in [1.82, 2.24) is 9.55 Å². The number of fused-ring (bicyclic) bond motifs is 3. The number of rotatable bonds is 10. The van der Waals surface area contributed by atoms with Gasteiger partial charge in [0.2, 0.25) is 0 Å². The first kappa shape index (κ1) is 44.5. The standard InChI is InChI=1S/C60H53N4O.Pt/c1-58(2,3)46-26-19-27-48(36-46)62-40-56(60(6,7)45-24-15-10-16-25-45)63(41-62)49-34-43(42-20-11-8-12-21-42)35-51(38-49)65-50-30-31-53-52-28-17-18-29-54(52)64(55(53)39-50)57-37-47(32-33-61-57)59(4,5)44-22-13-9-14-23-44;/h8-37,40-41H,1-7H3;/q-3;. The molecule has 0 radical (unpaired) electrons. The summed E-state index contributed by atoms with van der Waals surface area (Å²) in [7, 11) is 0. The Morgan fingerprint density at radius 3 is 1.89 bits per heavy atom. The van der Waals surface area contributed by atoms with E-state index in [9.17, 15) is 0 Å². The molecule has 0 amide bonds. The molecule has 0 aliphatic carbocycles. The first-order chi connectivity index (χ1) is 31.3. The Bertz CT molecular complexity index is 3200. The molecule has 6 heteroatoms. The minimum atomic E-state index is -0.375. The third-order valence-corrected chi connectivity index (χ3v) is 13.1. The van der Waals surface area contributed by atoms with Gasteiger partial charge in [-0.1, -0.05) is 175 Å². The van der Waals surface area contributed by atoms with E-state index in [0.717, 1.165) is 55.8 Å². The second-order valence-corrected chi connectivity index (χ2v) is 19.1. The summed E-state index contributed by atoms with van der Waals surface area (Å²) in [6.45, 7) is 18.1. The van der Waals surface area contributed by atoms with Crippen molar-refractivity contribution < 1.29 is 25.8 Å². The zero-order valence-corrected chi connectivity index (χ0v) is 40.8. The fourth-order valence-electron chi connectivity index (χ4n) is 9.10. The van der Waals surface area contributed by atoms with E-state index in [4.69, 9.17) is 9.72 Å². The zero-order valence-electron chi connectivity index (χ0n) is 38.5. The topological polar surface area (TPSA) is 33.5 Å². The molecule has 0 fully saturated rings. The van der Waals surface area contributed by atoms with Gasteiger partial charge >= 0.3 is 0 Å². The molecule has 0 saturated carbocycles. The third kappa shape index (κ3) is 8.38. The quantitative estimate of drug-likeness (QED) is 0.128. The molecule has 2 aromatic heterocycles. The van der Waals surface area contributed by atoms with Crippen LogP contribution in [0.2, 0.25) is 0 Å². The van der Waals surface area contributed by atoms with Crippen LogP contribution < -0.4 is 14.5 Å². The number of hydrogen-bond acceptors (Lipinski definition) is 4. The van der Waals surface area contributed by atoms with Crippen LogP contribution in [0.25, 0.3) is 38.8 Å². The molecule has 3 heterocycles. The summed E-state index contributed by atoms with van der Waals surface area (Å²) in [5.41, 5.74) is 11.4. The maximum atomic E-state index is 6.92. The van der Waals surface area contributed by atoms with Crippen LogP contribution in [0.5, 0.6) is 11.5 Å². The minimum absolute atomic E-state index is 0. The fourth-order valence-corrected chi connectivity index (χ4v) is 9.10. The largest absolute Gasteiger partial charge is 0.509 e. The molecule has 5 nitrogen and oxygen atoms in total. The summed E-state index contributed by atoms with van der Waals surface area (Å²) >= 11 is 0. The van der Waals surface area contributed by atoms with E-state index >= 15 is 0 Å². The van der Waals surface area contributed by atoms with Crippen molar-refractivity contribution in [2.45, 2.75) is 64.7 Å². The van der Waals surface area contributed by atoms with Gasteiger partial charge in [0.25, 0.3) is 0 Å². The molecule has 0 N–H and O–H groups in total. The predicted molar refractivity (Wildman–Crippen MR) is 269 cm³/mol. The number of benzene rings is 7. The van der Waals surface area contributed by atoms with Gasteiger partial charge in [0.05, 0.1) is 0 Å².